The summed E-state index contributed by atoms with van der Waals surface area (Å²) in [5.74, 6) is -1.67. The number of methoxy groups -OCH3 is 1. The first-order valence-corrected chi connectivity index (χ1v) is 10.4. The van der Waals surface area contributed by atoms with E-state index in [0.29, 0.717) is 6.61 Å². The van der Waals surface area contributed by atoms with Crippen molar-refractivity contribution < 1.29 is 23.9 Å². The van der Waals surface area contributed by atoms with Gasteiger partial charge in [-0.05, 0) is 6.42 Å². The maximum atomic E-state index is 12.0. The number of nitrogens with one attached hydrogen (secondary N) is 2. The highest BCUT2D eigenvalue weighted by Crippen LogP contribution is 2.10. The molecule has 8 nitrogen and oxygen atoms in total. The molecule has 0 unspecified atom stereocenters. The molecule has 0 radical (unpaired) electrons. The maximum Gasteiger partial charge on any atom is 0.325 e. The summed E-state index contributed by atoms with van der Waals surface area (Å²) in [6.45, 7) is 2.71. The topological polar surface area (TPSA) is 120 Å². The van der Waals surface area contributed by atoms with E-state index in [4.69, 9.17) is 10.5 Å². The number of nitrogens with two attached hydrogens (primary N) is 1. The Balaban J connectivity index is 3.72. The fraction of sp³-hybridized carbons (Fsp3) is 0.850. The number of hydrogen-bond acceptors (Lipinski definition) is 6. The van der Waals surface area contributed by atoms with E-state index in [-0.39, 0.29) is 19.7 Å². The largest absolute Gasteiger partial charge is 0.468 e. The lowest BCUT2D eigenvalue weighted by Crippen LogP contribution is -2.48. The van der Waals surface area contributed by atoms with Crippen molar-refractivity contribution in [3.63, 3.8) is 0 Å². The highest BCUT2D eigenvalue weighted by Gasteiger charge is 2.20. The third kappa shape index (κ3) is 16.5. The van der Waals surface area contributed by atoms with Gasteiger partial charge in [0.25, 0.3) is 0 Å². The highest BCUT2D eigenvalue weighted by atomic mass is 16.5. The molecule has 0 fully saturated rings. The van der Waals surface area contributed by atoms with Gasteiger partial charge in [0.15, 0.2) is 0 Å². The number of ether oxygens (including phenoxy) is 2. The van der Waals surface area contributed by atoms with E-state index in [1.165, 1.54) is 58.5 Å². The summed E-state index contributed by atoms with van der Waals surface area (Å²) in [5.41, 5.74) is 5.17. The third-order valence-corrected chi connectivity index (χ3v) is 4.43. The Morgan fingerprint density at radius 1 is 0.929 bits per heavy atom. The smallest absolute Gasteiger partial charge is 0.325 e. The SMILES string of the molecule is CCCCCCCCCCCCOCN[C@H](CC(N)=O)C(=O)NCC(=O)OC. The fourth-order valence-corrected chi connectivity index (χ4v) is 2.74. The molecule has 0 saturated carbocycles. The molecule has 0 aromatic rings. The van der Waals surface area contributed by atoms with Gasteiger partial charge in [0.1, 0.15) is 6.54 Å². The van der Waals surface area contributed by atoms with Crippen molar-refractivity contribution in [3.8, 4) is 0 Å². The second kappa shape index (κ2) is 18.7. The quantitative estimate of drug-likeness (QED) is 0.173. The van der Waals surface area contributed by atoms with Crippen LogP contribution in [0.2, 0.25) is 0 Å². The summed E-state index contributed by atoms with van der Waals surface area (Å²) < 4.78 is 9.93. The van der Waals surface area contributed by atoms with Crippen LogP contribution in [0.15, 0.2) is 0 Å². The van der Waals surface area contributed by atoms with Gasteiger partial charge in [-0.15, -0.1) is 0 Å². The Bertz CT molecular complexity index is 432. The van der Waals surface area contributed by atoms with Crippen molar-refractivity contribution in [1.29, 1.82) is 0 Å². The van der Waals surface area contributed by atoms with Crippen LogP contribution < -0.4 is 16.4 Å². The zero-order valence-corrected chi connectivity index (χ0v) is 17.6. The molecular weight excluding hydrogens is 362 g/mol. The first-order chi connectivity index (χ1) is 13.5. The van der Waals surface area contributed by atoms with Crippen molar-refractivity contribution in [2.24, 2.45) is 5.73 Å². The monoisotopic (exact) mass is 401 g/mol. The van der Waals surface area contributed by atoms with Crippen LogP contribution in [0.1, 0.15) is 77.6 Å². The Morgan fingerprint density at radius 2 is 1.50 bits per heavy atom. The van der Waals surface area contributed by atoms with E-state index in [9.17, 15) is 14.4 Å². The molecule has 0 spiro atoms. The molecule has 4 N–H and O–H groups in total. The van der Waals surface area contributed by atoms with Crippen LogP contribution in [0, 0.1) is 0 Å². The molecule has 0 aliphatic carbocycles. The van der Waals surface area contributed by atoms with Gasteiger partial charge >= 0.3 is 5.97 Å². The predicted molar refractivity (Wildman–Crippen MR) is 108 cm³/mol. The summed E-state index contributed by atoms with van der Waals surface area (Å²) in [6.07, 6.45) is 12.4. The Morgan fingerprint density at radius 3 is 2.04 bits per heavy atom. The van der Waals surface area contributed by atoms with Crippen molar-refractivity contribution in [1.82, 2.24) is 10.6 Å². The van der Waals surface area contributed by atoms with Crippen LogP contribution >= 0.6 is 0 Å². The first-order valence-electron chi connectivity index (χ1n) is 10.4. The fourth-order valence-electron chi connectivity index (χ4n) is 2.74. The number of hydrogen-bond donors (Lipinski definition) is 3. The number of rotatable bonds is 19. The molecule has 0 bridgehead atoms. The highest BCUT2D eigenvalue weighted by molar-refractivity contribution is 5.89. The van der Waals surface area contributed by atoms with E-state index in [1.807, 2.05) is 0 Å². The van der Waals surface area contributed by atoms with Crippen molar-refractivity contribution in [2.75, 3.05) is 27.0 Å². The standard InChI is InChI=1S/C20H39N3O5/c1-3-4-5-6-7-8-9-10-11-12-13-28-16-23-17(14-18(21)24)20(26)22-15-19(25)27-2/h17,23H,3-16H2,1-2H3,(H2,21,24)(H,22,26)/t17-/m1/s1. The van der Waals surface area contributed by atoms with E-state index >= 15 is 0 Å². The summed E-state index contributed by atoms with van der Waals surface area (Å²) in [7, 11) is 1.23. The molecule has 0 aromatic heterocycles. The van der Waals surface area contributed by atoms with Gasteiger partial charge in [-0.25, -0.2) is 0 Å². The lowest BCUT2D eigenvalue weighted by atomic mass is 10.1. The van der Waals surface area contributed by atoms with Gasteiger partial charge in [-0.2, -0.15) is 0 Å². The minimum Gasteiger partial charge on any atom is -0.468 e. The van der Waals surface area contributed by atoms with E-state index in [2.05, 4.69) is 22.3 Å². The number of carbonyl (C=O) groups is 3. The molecule has 0 saturated heterocycles. The minimum absolute atomic E-state index is 0.140. The molecule has 1 atom stereocenters. The van der Waals surface area contributed by atoms with Gasteiger partial charge in [0.2, 0.25) is 11.8 Å². The van der Waals surface area contributed by atoms with Crippen LogP contribution in [0.25, 0.3) is 0 Å². The second-order valence-corrected chi connectivity index (χ2v) is 6.96. The molecule has 0 heterocycles. The second-order valence-electron chi connectivity index (χ2n) is 6.96. The Labute approximate surface area is 169 Å². The van der Waals surface area contributed by atoms with Crippen molar-refractivity contribution >= 4 is 17.8 Å². The number of amides is 2. The van der Waals surface area contributed by atoms with Crippen LogP contribution in [0.5, 0.6) is 0 Å². The minimum atomic E-state index is -0.838. The molecule has 8 heteroatoms. The van der Waals surface area contributed by atoms with Crippen molar-refractivity contribution in [2.45, 2.75) is 83.6 Å². The maximum absolute atomic E-state index is 12.0. The van der Waals surface area contributed by atoms with Gasteiger partial charge < -0.3 is 20.5 Å². The zero-order valence-electron chi connectivity index (χ0n) is 17.6. The Kier molecular flexibility index (Phi) is 17.6. The van der Waals surface area contributed by atoms with E-state index < -0.39 is 23.8 Å². The van der Waals surface area contributed by atoms with Crippen LogP contribution in [0.3, 0.4) is 0 Å². The number of carbonyl (C=O) groups excluding carboxylic acids is 3. The number of unbranched alkanes of at least 4 members (excludes halogenated alkanes) is 9. The molecule has 2 amide bonds. The predicted octanol–water partition coefficient (Wildman–Crippen LogP) is 2.00. The number of primary amides is 1. The van der Waals surface area contributed by atoms with Crippen molar-refractivity contribution in [3.05, 3.63) is 0 Å². The molecule has 28 heavy (non-hydrogen) atoms. The first kappa shape index (κ1) is 26.3. The summed E-state index contributed by atoms with van der Waals surface area (Å²) >= 11 is 0. The Hall–Kier alpha value is -1.67. The van der Waals surface area contributed by atoms with Gasteiger partial charge in [0, 0.05) is 6.61 Å². The molecule has 0 aliphatic heterocycles. The van der Waals surface area contributed by atoms with Crippen LogP contribution in [-0.2, 0) is 23.9 Å². The van der Waals surface area contributed by atoms with Gasteiger partial charge in [-0.1, -0.05) is 64.7 Å². The zero-order chi connectivity index (χ0) is 21.0. The third-order valence-electron chi connectivity index (χ3n) is 4.43. The average Bonchev–Trinajstić information content (AvgIpc) is 2.68. The average molecular weight is 402 g/mol. The van der Waals surface area contributed by atoms with Crippen LogP contribution in [0.4, 0.5) is 0 Å². The van der Waals surface area contributed by atoms with Crippen LogP contribution in [-0.4, -0.2) is 50.8 Å². The van der Waals surface area contributed by atoms with Gasteiger partial charge in [-0.3, -0.25) is 19.7 Å². The van der Waals surface area contributed by atoms with E-state index in [0.717, 1.165) is 12.8 Å². The summed E-state index contributed by atoms with van der Waals surface area (Å²) in [6, 6.07) is -0.838. The summed E-state index contributed by atoms with van der Waals surface area (Å²) in [4.78, 5) is 34.2. The summed E-state index contributed by atoms with van der Waals surface area (Å²) in [5, 5.41) is 5.24. The normalized spacial score (nSPS) is 11.8. The molecule has 0 rings (SSSR count). The van der Waals surface area contributed by atoms with E-state index in [1.54, 1.807) is 0 Å². The lowest BCUT2D eigenvalue weighted by Gasteiger charge is -2.17. The molecule has 164 valence electrons. The lowest BCUT2D eigenvalue weighted by molar-refractivity contribution is -0.141. The number of esters is 1. The van der Waals surface area contributed by atoms with Gasteiger partial charge in [0.05, 0.1) is 26.3 Å². The molecular formula is C20H39N3O5. The molecule has 0 aliphatic rings. The molecule has 0 aromatic carbocycles.